The van der Waals surface area contributed by atoms with Gasteiger partial charge in [0.2, 0.25) is 0 Å². The van der Waals surface area contributed by atoms with Crippen LogP contribution in [0.15, 0.2) is 53.7 Å². The van der Waals surface area contributed by atoms with Gasteiger partial charge in [0.1, 0.15) is 0 Å². The van der Waals surface area contributed by atoms with E-state index in [1.165, 1.54) is 20.7 Å². The summed E-state index contributed by atoms with van der Waals surface area (Å²) in [5.41, 5.74) is 2.24. The second-order valence-electron chi connectivity index (χ2n) is 6.17. The van der Waals surface area contributed by atoms with Gasteiger partial charge in [0.15, 0.2) is 5.96 Å². The lowest BCUT2D eigenvalue weighted by atomic mass is 10.1. The quantitative estimate of drug-likeness (QED) is 0.321. The summed E-state index contributed by atoms with van der Waals surface area (Å²) < 4.78 is 0. The number of para-hydroxylation sites is 1. The SMILES string of the molecule is CN=C(NCc1ccnc2ccccc12)NC(C)Cc1ccc(C)s1.I. The molecule has 3 rings (SSSR count). The maximum Gasteiger partial charge on any atom is 0.191 e. The van der Waals surface area contributed by atoms with Gasteiger partial charge in [-0.15, -0.1) is 35.3 Å². The van der Waals surface area contributed by atoms with Gasteiger partial charge in [-0.2, -0.15) is 0 Å². The Morgan fingerprint density at radius 3 is 2.73 bits per heavy atom. The summed E-state index contributed by atoms with van der Waals surface area (Å²) in [6.45, 7) is 5.04. The van der Waals surface area contributed by atoms with Crippen molar-refractivity contribution in [3.05, 3.63) is 64.0 Å². The fraction of sp³-hybridized carbons (Fsp3) is 0.300. The highest BCUT2D eigenvalue weighted by molar-refractivity contribution is 14.0. The number of hydrogen-bond donors (Lipinski definition) is 2. The average molecular weight is 480 g/mol. The predicted octanol–water partition coefficient (Wildman–Crippen LogP) is 4.52. The van der Waals surface area contributed by atoms with Crippen molar-refractivity contribution in [1.82, 2.24) is 15.6 Å². The van der Waals surface area contributed by atoms with Crippen LogP contribution in [0.4, 0.5) is 0 Å². The van der Waals surface area contributed by atoms with E-state index in [1.807, 2.05) is 42.8 Å². The second kappa shape index (κ2) is 9.87. The smallest absolute Gasteiger partial charge is 0.191 e. The standard InChI is InChI=1S/C20H24N4S.HI/c1-14(12-17-9-8-15(2)25-17)24-20(21-3)23-13-16-10-11-22-19-7-5-4-6-18(16)19;/h4-11,14H,12-13H2,1-3H3,(H2,21,23,24);1H. The molecule has 1 unspecified atom stereocenters. The van der Waals surface area contributed by atoms with E-state index in [0.29, 0.717) is 12.6 Å². The van der Waals surface area contributed by atoms with E-state index in [9.17, 15) is 0 Å². The summed E-state index contributed by atoms with van der Waals surface area (Å²) >= 11 is 1.86. The Balaban J connectivity index is 0.00000243. The zero-order chi connectivity index (χ0) is 17.6. The first-order chi connectivity index (χ1) is 12.2. The molecule has 0 aliphatic heterocycles. The van der Waals surface area contributed by atoms with Gasteiger partial charge in [0, 0.05) is 47.4 Å². The second-order valence-corrected chi connectivity index (χ2v) is 7.55. The first-order valence-corrected chi connectivity index (χ1v) is 9.32. The number of nitrogens with zero attached hydrogens (tertiary/aromatic N) is 2. The molecule has 0 radical (unpaired) electrons. The third-order valence-electron chi connectivity index (χ3n) is 4.10. The zero-order valence-corrected chi connectivity index (χ0v) is 18.5. The predicted molar refractivity (Wildman–Crippen MR) is 123 cm³/mol. The molecule has 6 heteroatoms. The number of nitrogens with one attached hydrogen (secondary N) is 2. The van der Waals surface area contributed by atoms with Crippen molar-refractivity contribution < 1.29 is 0 Å². The minimum atomic E-state index is 0. The molecule has 26 heavy (non-hydrogen) atoms. The third-order valence-corrected chi connectivity index (χ3v) is 5.12. The van der Waals surface area contributed by atoms with E-state index in [4.69, 9.17) is 0 Å². The number of benzene rings is 1. The molecule has 2 N–H and O–H groups in total. The van der Waals surface area contributed by atoms with Crippen LogP contribution in [0.2, 0.25) is 0 Å². The van der Waals surface area contributed by atoms with Gasteiger partial charge in [-0.3, -0.25) is 9.98 Å². The lowest BCUT2D eigenvalue weighted by Gasteiger charge is -2.18. The van der Waals surface area contributed by atoms with Crippen molar-refractivity contribution in [1.29, 1.82) is 0 Å². The number of rotatable bonds is 5. The summed E-state index contributed by atoms with van der Waals surface area (Å²) in [7, 11) is 1.81. The van der Waals surface area contributed by atoms with E-state index in [2.05, 4.69) is 58.7 Å². The normalized spacial score (nSPS) is 12.5. The average Bonchev–Trinajstić information content (AvgIpc) is 3.03. The fourth-order valence-electron chi connectivity index (χ4n) is 2.86. The van der Waals surface area contributed by atoms with Crippen molar-refractivity contribution in [3.63, 3.8) is 0 Å². The number of halogens is 1. The Labute approximate surface area is 176 Å². The van der Waals surface area contributed by atoms with Crippen LogP contribution >= 0.6 is 35.3 Å². The van der Waals surface area contributed by atoms with Gasteiger partial charge < -0.3 is 10.6 Å². The summed E-state index contributed by atoms with van der Waals surface area (Å²) in [6.07, 6.45) is 2.86. The molecule has 0 saturated heterocycles. The van der Waals surface area contributed by atoms with Gasteiger partial charge in [0.25, 0.3) is 0 Å². The Bertz CT molecular complexity index is 870. The lowest BCUT2D eigenvalue weighted by molar-refractivity contribution is 0.645. The number of aliphatic imine (C=N–C) groups is 1. The maximum atomic E-state index is 4.41. The molecule has 0 aliphatic rings. The van der Waals surface area contributed by atoms with Crippen molar-refractivity contribution >= 4 is 52.2 Å². The molecule has 0 aliphatic carbocycles. The van der Waals surface area contributed by atoms with E-state index in [0.717, 1.165) is 17.9 Å². The summed E-state index contributed by atoms with van der Waals surface area (Å²) in [4.78, 5) is 11.5. The van der Waals surface area contributed by atoms with Crippen LogP contribution < -0.4 is 10.6 Å². The van der Waals surface area contributed by atoms with E-state index in [1.54, 1.807) is 0 Å². The van der Waals surface area contributed by atoms with Crippen LogP contribution in [-0.4, -0.2) is 24.0 Å². The molecular weight excluding hydrogens is 455 g/mol. The van der Waals surface area contributed by atoms with Crippen LogP contribution in [-0.2, 0) is 13.0 Å². The van der Waals surface area contributed by atoms with Gasteiger partial charge in [0.05, 0.1) is 5.52 Å². The van der Waals surface area contributed by atoms with Crippen LogP contribution in [0.25, 0.3) is 10.9 Å². The number of thiophene rings is 1. The zero-order valence-electron chi connectivity index (χ0n) is 15.3. The van der Waals surface area contributed by atoms with Gasteiger partial charge in [-0.1, -0.05) is 18.2 Å². The molecular formula is C20H25IN4S. The van der Waals surface area contributed by atoms with Gasteiger partial charge in [-0.25, -0.2) is 0 Å². The lowest BCUT2D eigenvalue weighted by Crippen LogP contribution is -2.42. The Morgan fingerprint density at radius 2 is 2.00 bits per heavy atom. The molecule has 2 heterocycles. The van der Waals surface area contributed by atoms with Gasteiger partial charge in [-0.05, 0) is 43.7 Å². The maximum absolute atomic E-state index is 4.41. The van der Waals surface area contributed by atoms with Crippen molar-refractivity contribution in [2.45, 2.75) is 32.9 Å². The molecule has 0 saturated carbocycles. The highest BCUT2D eigenvalue weighted by Gasteiger charge is 2.08. The highest BCUT2D eigenvalue weighted by atomic mass is 127. The molecule has 1 atom stereocenters. The molecule has 4 nitrogen and oxygen atoms in total. The van der Waals surface area contributed by atoms with Crippen molar-refractivity contribution in [3.8, 4) is 0 Å². The van der Waals surface area contributed by atoms with E-state index in [-0.39, 0.29) is 24.0 Å². The number of aryl methyl sites for hydroxylation is 1. The minimum Gasteiger partial charge on any atom is -0.354 e. The number of hydrogen-bond acceptors (Lipinski definition) is 3. The molecule has 0 bridgehead atoms. The number of guanidine groups is 1. The van der Waals surface area contributed by atoms with Crippen molar-refractivity contribution in [2.24, 2.45) is 4.99 Å². The van der Waals surface area contributed by atoms with Crippen LogP contribution in [0.3, 0.4) is 0 Å². The largest absolute Gasteiger partial charge is 0.354 e. The monoisotopic (exact) mass is 480 g/mol. The topological polar surface area (TPSA) is 49.3 Å². The Kier molecular flexibility index (Phi) is 7.84. The first kappa shape index (κ1) is 20.6. The van der Waals surface area contributed by atoms with Gasteiger partial charge >= 0.3 is 0 Å². The van der Waals surface area contributed by atoms with Crippen LogP contribution in [0, 0.1) is 6.92 Å². The fourth-order valence-corrected chi connectivity index (χ4v) is 3.88. The van der Waals surface area contributed by atoms with Crippen LogP contribution in [0.5, 0.6) is 0 Å². The Morgan fingerprint density at radius 1 is 1.19 bits per heavy atom. The van der Waals surface area contributed by atoms with Crippen molar-refractivity contribution in [2.75, 3.05) is 7.05 Å². The summed E-state index contributed by atoms with van der Waals surface area (Å²) in [5.74, 6) is 0.821. The number of pyridine rings is 1. The highest BCUT2D eigenvalue weighted by Crippen LogP contribution is 2.17. The Hall–Kier alpha value is -1.67. The molecule has 0 spiro atoms. The van der Waals surface area contributed by atoms with E-state index >= 15 is 0 Å². The number of aromatic nitrogens is 1. The molecule has 0 amide bonds. The minimum absolute atomic E-state index is 0. The van der Waals surface area contributed by atoms with Crippen LogP contribution in [0.1, 0.15) is 22.2 Å². The number of fused-ring (bicyclic) bond motifs is 1. The molecule has 1 aromatic carbocycles. The summed E-state index contributed by atoms with van der Waals surface area (Å²) in [5, 5.41) is 8.06. The molecule has 138 valence electrons. The summed E-state index contributed by atoms with van der Waals surface area (Å²) in [6, 6.07) is 15.0. The van der Waals surface area contributed by atoms with E-state index < -0.39 is 0 Å². The third kappa shape index (κ3) is 5.41. The molecule has 2 aromatic heterocycles. The molecule has 3 aromatic rings. The first-order valence-electron chi connectivity index (χ1n) is 8.51. The molecule has 0 fully saturated rings.